The summed E-state index contributed by atoms with van der Waals surface area (Å²) >= 11 is 5.95. The summed E-state index contributed by atoms with van der Waals surface area (Å²) < 4.78 is 10.9. The summed E-state index contributed by atoms with van der Waals surface area (Å²) in [6.45, 7) is 2.84. The average molecular weight is 369 g/mol. The maximum absolute atomic E-state index is 10.7. The smallest absolute Gasteiger partial charge is 0.329 e. The SMILES string of the molecule is O=C(O)CO[C@@H]1COCC[C@H]1NC1CCN(c2ccc(Cl)cc2)CC1. The van der Waals surface area contributed by atoms with Crippen LogP contribution >= 0.6 is 11.6 Å². The van der Waals surface area contributed by atoms with Crippen molar-refractivity contribution < 1.29 is 19.4 Å². The zero-order chi connectivity index (χ0) is 17.6. The lowest BCUT2D eigenvalue weighted by Crippen LogP contribution is -2.54. The first-order chi connectivity index (χ1) is 12.1. The highest BCUT2D eigenvalue weighted by molar-refractivity contribution is 6.30. The van der Waals surface area contributed by atoms with Crippen molar-refractivity contribution in [2.45, 2.75) is 37.5 Å². The Morgan fingerprint density at radius 2 is 2.00 bits per heavy atom. The molecule has 2 N–H and O–H groups in total. The molecule has 2 heterocycles. The Hall–Kier alpha value is -1.34. The topological polar surface area (TPSA) is 71.0 Å². The van der Waals surface area contributed by atoms with Crippen LogP contribution in [0, 0.1) is 0 Å². The van der Waals surface area contributed by atoms with Crippen molar-refractivity contribution in [2.24, 2.45) is 0 Å². The number of carboxylic acid groups (broad SMARTS) is 1. The molecule has 0 aromatic heterocycles. The number of benzene rings is 1. The maximum Gasteiger partial charge on any atom is 0.329 e. The fraction of sp³-hybridized carbons (Fsp3) is 0.611. The fourth-order valence-electron chi connectivity index (χ4n) is 3.50. The molecule has 0 aliphatic carbocycles. The zero-order valence-electron chi connectivity index (χ0n) is 14.2. The van der Waals surface area contributed by atoms with Gasteiger partial charge in [0.25, 0.3) is 0 Å². The molecule has 2 fully saturated rings. The minimum Gasteiger partial charge on any atom is -0.480 e. The number of carbonyl (C=O) groups is 1. The monoisotopic (exact) mass is 368 g/mol. The van der Waals surface area contributed by atoms with Crippen molar-refractivity contribution in [1.82, 2.24) is 5.32 Å². The van der Waals surface area contributed by atoms with E-state index in [1.807, 2.05) is 12.1 Å². The number of rotatable bonds is 6. The molecule has 0 radical (unpaired) electrons. The van der Waals surface area contributed by atoms with Crippen molar-refractivity contribution in [3.05, 3.63) is 29.3 Å². The van der Waals surface area contributed by atoms with Crippen LogP contribution in [0.5, 0.6) is 0 Å². The van der Waals surface area contributed by atoms with Crippen molar-refractivity contribution in [2.75, 3.05) is 37.8 Å². The highest BCUT2D eigenvalue weighted by Crippen LogP contribution is 2.23. The van der Waals surface area contributed by atoms with Gasteiger partial charge in [0.1, 0.15) is 6.61 Å². The maximum atomic E-state index is 10.7. The van der Waals surface area contributed by atoms with Crippen LogP contribution in [0.25, 0.3) is 0 Å². The van der Waals surface area contributed by atoms with Gasteiger partial charge in [-0.2, -0.15) is 0 Å². The Kier molecular flexibility index (Phi) is 6.53. The summed E-state index contributed by atoms with van der Waals surface area (Å²) in [5, 5.41) is 13.2. The molecule has 2 atom stereocenters. The second-order valence-electron chi connectivity index (χ2n) is 6.62. The number of aliphatic carboxylic acids is 1. The fourth-order valence-corrected chi connectivity index (χ4v) is 3.63. The number of piperidine rings is 1. The van der Waals surface area contributed by atoms with E-state index in [9.17, 15) is 4.79 Å². The number of ether oxygens (including phenoxy) is 2. The first-order valence-electron chi connectivity index (χ1n) is 8.79. The first kappa shape index (κ1) is 18.5. The third-order valence-electron chi connectivity index (χ3n) is 4.86. The van der Waals surface area contributed by atoms with E-state index in [2.05, 4.69) is 22.3 Å². The number of hydrogen-bond acceptors (Lipinski definition) is 5. The van der Waals surface area contributed by atoms with E-state index in [0.29, 0.717) is 19.3 Å². The summed E-state index contributed by atoms with van der Waals surface area (Å²) in [7, 11) is 0. The van der Waals surface area contributed by atoms with E-state index in [4.69, 9.17) is 26.2 Å². The largest absolute Gasteiger partial charge is 0.480 e. The summed E-state index contributed by atoms with van der Waals surface area (Å²) in [5.74, 6) is -0.944. The van der Waals surface area contributed by atoms with Gasteiger partial charge in [0, 0.05) is 42.5 Å². The Bertz CT molecular complexity index is 561. The van der Waals surface area contributed by atoms with Gasteiger partial charge in [-0.3, -0.25) is 0 Å². The van der Waals surface area contributed by atoms with Crippen LogP contribution in [-0.2, 0) is 14.3 Å². The molecule has 0 saturated carbocycles. The highest BCUT2D eigenvalue weighted by Gasteiger charge is 2.30. The van der Waals surface area contributed by atoms with E-state index < -0.39 is 5.97 Å². The normalized spacial score (nSPS) is 25.1. The van der Waals surface area contributed by atoms with Gasteiger partial charge in [0.2, 0.25) is 0 Å². The van der Waals surface area contributed by atoms with Crippen molar-refractivity contribution in [3.63, 3.8) is 0 Å². The number of hydrogen-bond donors (Lipinski definition) is 2. The summed E-state index contributed by atoms with van der Waals surface area (Å²) in [6, 6.07) is 8.54. The number of anilines is 1. The molecule has 2 aliphatic rings. The molecule has 2 saturated heterocycles. The number of carboxylic acids is 1. The van der Waals surface area contributed by atoms with Crippen LogP contribution in [0.4, 0.5) is 5.69 Å². The van der Waals surface area contributed by atoms with Crippen LogP contribution in [0.3, 0.4) is 0 Å². The molecule has 1 aromatic rings. The minimum atomic E-state index is -0.944. The second kappa shape index (κ2) is 8.85. The Labute approximate surface area is 153 Å². The molecule has 138 valence electrons. The highest BCUT2D eigenvalue weighted by atomic mass is 35.5. The van der Waals surface area contributed by atoms with E-state index >= 15 is 0 Å². The number of nitrogens with zero attached hydrogens (tertiary/aromatic N) is 1. The average Bonchev–Trinajstić information content (AvgIpc) is 2.62. The number of halogens is 1. The van der Waals surface area contributed by atoms with Gasteiger partial charge in [-0.25, -0.2) is 4.79 Å². The molecule has 0 amide bonds. The molecule has 0 spiro atoms. The molecule has 0 unspecified atom stereocenters. The van der Waals surface area contributed by atoms with Gasteiger partial charge in [0.15, 0.2) is 0 Å². The molecule has 7 heteroatoms. The van der Waals surface area contributed by atoms with E-state index in [1.54, 1.807) is 0 Å². The molecular weight excluding hydrogens is 344 g/mol. The van der Waals surface area contributed by atoms with Gasteiger partial charge in [0.05, 0.1) is 12.7 Å². The summed E-state index contributed by atoms with van der Waals surface area (Å²) in [5.41, 5.74) is 1.21. The minimum absolute atomic E-state index is 0.153. The first-order valence-corrected chi connectivity index (χ1v) is 9.17. The van der Waals surface area contributed by atoms with Crippen LogP contribution < -0.4 is 10.2 Å². The van der Waals surface area contributed by atoms with Crippen LogP contribution in [0.15, 0.2) is 24.3 Å². The van der Waals surface area contributed by atoms with E-state index in [-0.39, 0.29) is 18.8 Å². The predicted octanol–water partition coefficient (Wildman–Crippen LogP) is 2.16. The summed E-state index contributed by atoms with van der Waals surface area (Å²) in [6.07, 6.45) is 2.75. The van der Waals surface area contributed by atoms with Gasteiger partial charge in [-0.05, 0) is 43.5 Å². The third-order valence-corrected chi connectivity index (χ3v) is 5.11. The Balaban J connectivity index is 1.48. The van der Waals surface area contributed by atoms with Gasteiger partial charge in [-0.1, -0.05) is 11.6 Å². The molecule has 6 nitrogen and oxygen atoms in total. The molecule has 2 aliphatic heterocycles. The molecule has 1 aromatic carbocycles. The molecule has 3 rings (SSSR count). The van der Waals surface area contributed by atoms with E-state index in [0.717, 1.165) is 37.4 Å². The van der Waals surface area contributed by atoms with Crippen LogP contribution in [-0.4, -0.2) is 62.2 Å². The lowest BCUT2D eigenvalue weighted by Gasteiger charge is -2.39. The van der Waals surface area contributed by atoms with Crippen LogP contribution in [0.2, 0.25) is 5.02 Å². The molecule has 0 bridgehead atoms. The van der Waals surface area contributed by atoms with Crippen molar-refractivity contribution in [1.29, 1.82) is 0 Å². The lowest BCUT2D eigenvalue weighted by molar-refractivity contribution is -0.148. The second-order valence-corrected chi connectivity index (χ2v) is 7.05. The predicted molar refractivity (Wildman–Crippen MR) is 96.4 cm³/mol. The Morgan fingerprint density at radius 1 is 1.28 bits per heavy atom. The van der Waals surface area contributed by atoms with Crippen molar-refractivity contribution in [3.8, 4) is 0 Å². The molecular formula is C18H25ClN2O4. The number of nitrogens with one attached hydrogen (secondary N) is 1. The summed E-state index contributed by atoms with van der Waals surface area (Å²) in [4.78, 5) is 13.1. The lowest BCUT2D eigenvalue weighted by atomic mass is 9.99. The van der Waals surface area contributed by atoms with Crippen LogP contribution in [0.1, 0.15) is 19.3 Å². The Morgan fingerprint density at radius 3 is 2.68 bits per heavy atom. The molecule has 25 heavy (non-hydrogen) atoms. The quantitative estimate of drug-likeness (QED) is 0.801. The standard InChI is InChI=1S/C18H25ClN2O4/c19-13-1-3-15(4-2-13)21-8-5-14(6-9-21)20-16-7-10-24-11-17(16)25-12-18(22)23/h1-4,14,16-17,20H,5-12H2,(H,22,23)/t16-,17-/m1/s1. The van der Waals surface area contributed by atoms with Crippen molar-refractivity contribution >= 4 is 23.3 Å². The van der Waals surface area contributed by atoms with E-state index in [1.165, 1.54) is 5.69 Å². The third kappa shape index (κ3) is 5.31. The van der Waals surface area contributed by atoms with Gasteiger partial charge in [-0.15, -0.1) is 0 Å². The van der Waals surface area contributed by atoms with Gasteiger partial charge < -0.3 is 24.8 Å². The zero-order valence-corrected chi connectivity index (χ0v) is 15.0. The van der Waals surface area contributed by atoms with Gasteiger partial charge >= 0.3 is 5.97 Å².